The number of aliphatic imine (C=N–C) groups is 1. The largest absolute Gasteiger partial charge is 0.351 e. The molecule has 0 aromatic carbocycles. The average Bonchev–Trinajstić information content (AvgIpc) is 2.62. The second-order valence-corrected chi connectivity index (χ2v) is 7.28. The van der Waals surface area contributed by atoms with Gasteiger partial charge in [-0.1, -0.05) is 25.4 Å². The van der Waals surface area contributed by atoms with E-state index < -0.39 is 5.54 Å². The fourth-order valence-electron chi connectivity index (χ4n) is 2.61. The zero-order valence-corrected chi connectivity index (χ0v) is 15.9. The third-order valence-corrected chi connectivity index (χ3v) is 4.72. The molecule has 2 aromatic heterocycles. The number of hydrogen-bond acceptors (Lipinski definition) is 5. The van der Waals surface area contributed by atoms with Crippen LogP contribution in [0.4, 0.5) is 0 Å². The lowest BCUT2D eigenvalue weighted by Crippen LogP contribution is -2.45. The lowest BCUT2D eigenvalue weighted by atomic mass is 9.92. The Kier molecular flexibility index (Phi) is 5.34. The van der Waals surface area contributed by atoms with Crippen molar-refractivity contribution in [1.82, 2.24) is 20.3 Å². The summed E-state index contributed by atoms with van der Waals surface area (Å²) in [6, 6.07) is 5.67. The lowest BCUT2D eigenvalue weighted by Gasteiger charge is -2.29. The van der Waals surface area contributed by atoms with E-state index in [9.17, 15) is 0 Å². The summed E-state index contributed by atoms with van der Waals surface area (Å²) < 4.78 is 0. The first-order valence-corrected chi connectivity index (χ1v) is 9.00. The van der Waals surface area contributed by atoms with Gasteiger partial charge in [-0.3, -0.25) is 4.99 Å². The Labute approximate surface area is 158 Å². The highest BCUT2D eigenvalue weighted by molar-refractivity contribution is 6.29. The van der Waals surface area contributed by atoms with Gasteiger partial charge in [0.15, 0.2) is 5.82 Å². The van der Waals surface area contributed by atoms with Crippen LogP contribution in [0, 0.1) is 5.92 Å². The number of halogens is 1. The van der Waals surface area contributed by atoms with Gasteiger partial charge in [0, 0.05) is 30.6 Å². The number of hydrogen-bond donors (Lipinski definition) is 2. The van der Waals surface area contributed by atoms with E-state index in [1.165, 1.54) is 0 Å². The van der Waals surface area contributed by atoms with Crippen LogP contribution in [0.1, 0.15) is 33.0 Å². The van der Waals surface area contributed by atoms with Gasteiger partial charge in [-0.05, 0) is 37.1 Å². The molecule has 0 radical (unpaired) electrons. The molecule has 0 fully saturated rings. The Morgan fingerprint density at radius 1 is 1.23 bits per heavy atom. The van der Waals surface area contributed by atoms with Crippen molar-refractivity contribution < 1.29 is 0 Å². The van der Waals surface area contributed by atoms with E-state index in [1.807, 2.05) is 24.4 Å². The van der Waals surface area contributed by atoms with Crippen molar-refractivity contribution in [2.75, 3.05) is 0 Å². The monoisotopic (exact) mass is 370 g/mol. The van der Waals surface area contributed by atoms with E-state index in [2.05, 4.69) is 41.0 Å². The molecular formula is C19H23ClN6. The molecule has 0 saturated carbocycles. The Balaban J connectivity index is 1.92. The summed E-state index contributed by atoms with van der Waals surface area (Å²) in [4.78, 5) is 17.8. The first-order valence-electron chi connectivity index (χ1n) is 8.62. The third kappa shape index (κ3) is 4.08. The molecule has 0 saturated heterocycles. The molecule has 0 bridgehead atoms. The maximum absolute atomic E-state index is 6.63. The molecular weight excluding hydrogens is 348 g/mol. The van der Waals surface area contributed by atoms with Crippen molar-refractivity contribution in [2.45, 2.75) is 38.8 Å². The van der Waals surface area contributed by atoms with Gasteiger partial charge in [-0.15, -0.1) is 0 Å². The Morgan fingerprint density at radius 2 is 2.00 bits per heavy atom. The lowest BCUT2D eigenvalue weighted by molar-refractivity contribution is 0.505. The Bertz CT molecular complexity index is 847. The highest BCUT2D eigenvalue weighted by atomic mass is 35.5. The smallest absolute Gasteiger partial charge is 0.153 e. The molecule has 2 aromatic rings. The molecule has 7 heteroatoms. The van der Waals surface area contributed by atoms with Crippen LogP contribution in [0.3, 0.4) is 0 Å². The van der Waals surface area contributed by atoms with Crippen molar-refractivity contribution in [3.8, 4) is 11.3 Å². The predicted molar refractivity (Wildman–Crippen MR) is 105 cm³/mol. The van der Waals surface area contributed by atoms with Crippen LogP contribution < -0.4 is 11.1 Å². The van der Waals surface area contributed by atoms with Crippen LogP contribution in [0.25, 0.3) is 11.3 Å². The zero-order chi connectivity index (χ0) is 18.7. The van der Waals surface area contributed by atoms with Crippen LogP contribution >= 0.6 is 11.6 Å². The molecule has 1 aliphatic heterocycles. The fraction of sp³-hybridized carbons (Fsp3) is 0.368. The first kappa shape index (κ1) is 18.5. The van der Waals surface area contributed by atoms with Gasteiger partial charge in [0.1, 0.15) is 16.5 Å². The fourth-order valence-corrected chi connectivity index (χ4v) is 2.78. The number of nitrogens with one attached hydrogen (secondary N) is 1. The number of amidine groups is 1. The number of nitrogens with two attached hydrogens (primary N) is 1. The molecule has 2 atom stereocenters. The minimum atomic E-state index is -0.812. The molecule has 0 spiro atoms. The van der Waals surface area contributed by atoms with Crippen LogP contribution in [0.15, 0.2) is 47.9 Å². The van der Waals surface area contributed by atoms with E-state index in [1.54, 1.807) is 18.5 Å². The summed E-state index contributed by atoms with van der Waals surface area (Å²) in [6.45, 7) is 6.39. The van der Waals surface area contributed by atoms with Crippen molar-refractivity contribution in [3.05, 3.63) is 53.8 Å². The van der Waals surface area contributed by atoms with Gasteiger partial charge >= 0.3 is 0 Å². The van der Waals surface area contributed by atoms with Gasteiger partial charge in [-0.25, -0.2) is 15.0 Å². The van der Waals surface area contributed by atoms with E-state index in [4.69, 9.17) is 22.3 Å². The van der Waals surface area contributed by atoms with Crippen molar-refractivity contribution >= 4 is 17.4 Å². The Morgan fingerprint density at radius 3 is 2.73 bits per heavy atom. The maximum atomic E-state index is 6.63. The van der Waals surface area contributed by atoms with Gasteiger partial charge in [0.05, 0.1) is 11.7 Å². The molecule has 0 amide bonds. The SMILES string of the molecule is CC(C)C(C)N=C1CC(N)(c2nccc(-c3ccnc(Cl)c3)n2)C=CN1. The molecule has 3 rings (SSSR count). The molecule has 6 nitrogen and oxygen atoms in total. The van der Waals surface area contributed by atoms with E-state index in [0.717, 1.165) is 17.1 Å². The Hall–Kier alpha value is -2.31. The summed E-state index contributed by atoms with van der Waals surface area (Å²) in [7, 11) is 0. The van der Waals surface area contributed by atoms with Crippen LogP contribution in [-0.4, -0.2) is 26.8 Å². The number of pyridine rings is 1. The normalized spacial score (nSPS) is 22.5. The second-order valence-electron chi connectivity index (χ2n) is 6.89. The second kappa shape index (κ2) is 7.51. The van der Waals surface area contributed by atoms with Crippen LogP contribution in [-0.2, 0) is 5.54 Å². The summed E-state index contributed by atoms with van der Waals surface area (Å²) in [5.41, 5.74) is 7.44. The molecule has 0 aliphatic carbocycles. The third-order valence-electron chi connectivity index (χ3n) is 4.51. The first-order chi connectivity index (χ1) is 12.4. The number of aromatic nitrogens is 3. The van der Waals surface area contributed by atoms with Gasteiger partial charge in [-0.2, -0.15) is 0 Å². The molecule has 26 heavy (non-hydrogen) atoms. The van der Waals surface area contributed by atoms with Crippen LogP contribution in [0.2, 0.25) is 5.15 Å². The van der Waals surface area contributed by atoms with E-state index >= 15 is 0 Å². The standard InChI is InChI=1S/C19H23ClN6/c1-12(2)13(3)25-17-11-19(21,6-9-23-17)18-24-8-5-15(26-18)14-4-7-22-16(20)10-14/h4-10,12-13H,11,21H2,1-3H3,(H,23,25). The predicted octanol–water partition coefficient (Wildman–Crippen LogP) is 3.30. The van der Waals surface area contributed by atoms with Gasteiger partial charge in [0.25, 0.3) is 0 Å². The zero-order valence-electron chi connectivity index (χ0n) is 15.1. The van der Waals surface area contributed by atoms with Gasteiger partial charge in [0.2, 0.25) is 0 Å². The minimum absolute atomic E-state index is 0.208. The molecule has 3 heterocycles. The molecule has 2 unspecified atom stereocenters. The highest BCUT2D eigenvalue weighted by Gasteiger charge is 2.32. The maximum Gasteiger partial charge on any atom is 0.153 e. The molecule has 3 N–H and O–H groups in total. The quantitative estimate of drug-likeness (QED) is 0.806. The summed E-state index contributed by atoms with van der Waals surface area (Å²) >= 11 is 5.99. The molecule has 136 valence electrons. The summed E-state index contributed by atoms with van der Waals surface area (Å²) in [5.74, 6) is 1.85. The highest BCUT2D eigenvalue weighted by Crippen LogP contribution is 2.26. The number of nitrogens with zero attached hydrogens (tertiary/aromatic N) is 4. The summed E-state index contributed by atoms with van der Waals surface area (Å²) in [5, 5.41) is 3.61. The van der Waals surface area contributed by atoms with E-state index in [-0.39, 0.29) is 6.04 Å². The minimum Gasteiger partial charge on any atom is -0.351 e. The topological polar surface area (TPSA) is 89.1 Å². The van der Waals surface area contributed by atoms with E-state index in [0.29, 0.717) is 23.3 Å². The van der Waals surface area contributed by atoms with Crippen molar-refractivity contribution in [2.24, 2.45) is 16.6 Å². The summed E-state index contributed by atoms with van der Waals surface area (Å²) in [6.07, 6.45) is 7.57. The average molecular weight is 371 g/mol. The van der Waals surface area contributed by atoms with Gasteiger partial charge < -0.3 is 11.1 Å². The number of rotatable bonds is 4. The van der Waals surface area contributed by atoms with Crippen molar-refractivity contribution in [3.63, 3.8) is 0 Å². The van der Waals surface area contributed by atoms with Crippen LogP contribution in [0.5, 0.6) is 0 Å². The molecule has 1 aliphatic rings. The van der Waals surface area contributed by atoms with Crippen molar-refractivity contribution in [1.29, 1.82) is 0 Å².